The number of ether oxygens (including phenoxy) is 1. The van der Waals surface area contributed by atoms with Crippen LogP contribution in [0.1, 0.15) is 36.4 Å². The van der Waals surface area contributed by atoms with Crippen LogP contribution in [0.4, 0.5) is 0 Å². The van der Waals surface area contributed by atoms with Gasteiger partial charge < -0.3 is 24.7 Å². The van der Waals surface area contributed by atoms with Crippen LogP contribution in [0.15, 0.2) is 6.20 Å². The number of hydrogen-bond acceptors (Lipinski definition) is 7. The zero-order valence-electron chi connectivity index (χ0n) is 11.8. The summed E-state index contributed by atoms with van der Waals surface area (Å²) in [4.78, 5) is 29.0. The Morgan fingerprint density at radius 1 is 1.50 bits per heavy atom. The van der Waals surface area contributed by atoms with Gasteiger partial charge in [-0.1, -0.05) is 5.21 Å². The van der Waals surface area contributed by atoms with E-state index in [9.17, 15) is 19.6 Å². The molecule has 0 aliphatic carbocycles. The van der Waals surface area contributed by atoms with Crippen molar-refractivity contribution in [3.63, 3.8) is 0 Å². The summed E-state index contributed by atoms with van der Waals surface area (Å²) in [5.41, 5.74) is 0.169. The molecule has 1 aliphatic heterocycles. The molecule has 10 nitrogen and oxygen atoms in total. The first-order valence-corrected chi connectivity index (χ1v) is 8.46. The molecule has 0 spiro atoms. The highest BCUT2D eigenvalue weighted by molar-refractivity contribution is 7.51. The Labute approximate surface area is 125 Å². The molecule has 1 aromatic rings. The minimum atomic E-state index is -4.17. The average molecular weight is 335 g/mol. The molecule has 4 unspecified atom stereocenters. The lowest BCUT2D eigenvalue weighted by molar-refractivity contribution is -0.172. The van der Waals surface area contributed by atoms with Crippen LogP contribution >= 0.6 is 7.60 Å². The first kappa shape index (κ1) is 17.2. The molecule has 0 bridgehead atoms. The highest BCUT2D eigenvalue weighted by atomic mass is 31.2. The third kappa shape index (κ3) is 4.19. The molecule has 11 heteroatoms. The van der Waals surface area contributed by atoms with E-state index in [1.165, 1.54) is 13.1 Å². The third-order valence-electron chi connectivity index (χ3n) is 3.42. The third-order valence-corrected chi connectivity index (χ3v) is 4.26. The van der Waals surface area contributed by atoms with E-state index in [2.05, 4.69) is 10.3 Å². The molecule has 124 valence electrons. The van der Waals surface area contributed by atoms with E-state index >= 15 is 0 Å². The zero-order chi connectivity index (χ0) is 16.5. The molecule has 0 radical (unpaired) electrons. The van der Waals surface area contributed by atoms with Gasteiger partial charge in [-0.15, -0.1) is 5.10 Å². The molecule has 1 saturated heterocycles. The van der Waals surface area contributed by atoms with Gasteiger partial charge in [0.2, 0.25) is 5.91 Å². The minimum Gasteiger partial charge on any atom is -0.390 e. The molecule has 2 rings (SSSR count). The summed E-state index contributed by atoms with van der Waals surface area (Å²) in [5, 5.41) is 27.2. The summed E-state index contributed by atoms with van der Waals surface area (Å²) in [6, 6.07) is 0. The molecule has 2 heterocycles. The fourth-order valence-electron chi connectivity index (χ4n) is 2.26. The van der Waals surface area contributed by atoms with Crippen molar-refractivity contribution < 1.29 is 34.1 Å². The van der Waals surface area contributed by atoms with E-state index in [0.717, 1.165) is 4.68 Å². The molecule has 1 aromatic heterocycles. The SMILES string of the molecule is CC(=O)n1cc(C2OC(CCP(=O)(O)O)CC(O)C2O)nn1. The van der Waals surface area contributed by atoms with Gasteiger partial charge in [0.15, 0.2) is 0 Å². The van der Waals surface area contributed by atoms with Crippen molar-refractivity contribution >= 4 is 13.5 Å². The predicted molar refractivity (Wildman–Crippen MR) is 72.1 cm³/mol. The van der Waals surface area contributed by atoms with E-state index in [1.54, 1.807) is 0 Å². The van der Waals surface area contributed by atoms with Crippen LogP contribution in [0.25, 0.3) is 0 Å². The second kappa shape index (κ2) is 6.53. The molecule has 4 atom stereocenters. The summed E-state index contributed by atoms with van der Waals surface area (Å²) in [5.74, 6) is -0.373. The average Bonchev–Trinajstić information content (AvgIpc) is 2.88. The van der Waals surface area contributed by atoms with Crippen molar-refractivity contribution in [2.45, 2.75) is 44.2 Å². The summed E-state index contributed by atoms with van der Waals surface area (Å²) >= 11 is 0. The van der Waals surface area contributed by atoms with E-state index in [-0.39, 0.29) is 30.6 Å². The van der Waals surface area contributed by atoms with Crippen molar-refractivity contribution in [2.24, 2.45) is 0 Å². The topological polar surface area (TPSA) is 155 Å². The number of aliphatic hydroxyl groups excluding tert-OH is 2. The van der Waals surface area contributed by atoms with Crippen LogP contribution in [0.5, 0.6) is 0 Å². The standard InChI is InChI=1S/C11H18N3O7P/c1-6(15)14-5-8(12-13-14)11-10(17)9(16)4-7(21-11)2-3-22(18,19)20/h5,7,9-11,16-17H,2-4H2,1H3,(H2,18,19,20). The molecule has 22 heavy (non-hydrogen) atoms. The number of nitrogens with zero attached hydrogens (tertiary/aromatic N) is 3. The molecule has 1 fully saturated rings. The second-order valence-corrected chi connectivity index (χ2v) is 7.03. The minimum absolute atomic E-state index is 0.0331. The molecule has 4 N–H and O–H groups in total. The van der Waals surface area contributed by atoms with Crippen LogP contribution in [-0.2, 0) is 9.30 Å². The lowest BCUT2D eigenvalue weighted by Gasteiger charge is -2.36. The summed E-state index contributed by atoms with van der Waals surface area (Å²) in [6.07, 6.45) is -3.05. The number of hydrogen-bond donors (Lipinski definition) is 4. The zero-order valence-corrected chi connectivity index (χ0v) is 12.7. The van der Waals surface area contributed by atoms with Crippen molar-refractivity contribution in [2.75, 3.05) is 6.16 Å². The molecule has 0 amide bonds. The van der Waals surface area contributed by atoms with Crippen LogP contribution in [0.3, 0.4) is 0 Å². The number of rotatable bonds is 4. The van der Waals surface area contributed by atoms with Gasteiger partial charge in [-0.3, -0.25) is 9.36 Å². The normalized spacial score (nSPS) is 29.5. The monoisotopic (exact) mass is 335 g/mol. The van der Waals surface area contributed by atoms with Crippen LogP contribution in [0.2, 0.25) is 0 Å². The van der Waals surface area contributed by atoms with E-state index in [4.69, 9.17) is 14.5 Å². The lowest BCUT2D eigenvalue weighted by Crippen LogP contribution is -2.43. The Morgan fingerprint density at radius 2 is 2.18 bits per heavy atom. The van der Waals surface area contributed by atoms with Crippen LogP contribution in [0, 0.1) is 0 Å². The summed E-state index contributed by atoms with van der Waals surface area (Å²) < 4.78 is 17.4. The van der Waals surface area contributed by atoms with Gasteiger partial charge >= 0.3 is 7.60 Å². The summed E-state index contributed by atoms with van der Waals surface area (Å²) in [7, 11) is -4.17. The summed E-state index contributed by atoms with van der Waals surface area (Å²) in [6.45, 7) is 1.29. The Bertz CT molecular complexity index is 586. The fourth-order valence-corrected chi connectivity index (χ4v) is 2.88. The maximum atomic E-state index is 11.2. The van der Waals surface area contributed by atoms with Crippen molar-refractivity contribution in [3.05, 3.63) is 11.9 Å². The van der Waals surface area contributed by atoms with Crippen molar-refractivity contribution in [1.82, 2.24) is 15.0 Å². The first-order valence-electron chi connectivity index (χ1n) is 6.66. The number of carbonyl (C=O) groups is 1. The number of aromatic nitrogens is 3. The van der Waals surface area contributed by atoms with Crippen molar-refractivity contribution in [1.29, 1.82) is 0 Å². The second-order valence-electron chi connectivity index (χ2n) is 5.26. The van der Waals surface area contributed by atoms with E-state index in [0.29, 0.717) is 0 Å². The van der Waals surface area contributed by atoms with Gasteiger partial charge in [0.25, 0.3) is 0 Å². The smallest absolute Gasteiger partial charge is 0.325 e. The highest BCUT2D eigenvalue weighted by Crippen LogP contribution is 2.38. The van der Waals surface area contributed by atoms with Crippen LogP contribution < -0.4 is 0 Å². The number of aliphatic hydroxyl groups is 2. The Morgan fingerprint density at radius 3 is 2.73 bits per heavy atom. The fraction of sp³-hybridized carbons (Fsp3) is 0.727. The number of carbonyl (C=O) groups excluding carboxylic acids is 1. The quantitative estimate of drug-likeness (QED) is 0.510. The van der Waals surface area contributed by atoms with E-state index in [1.807, 2.05) is 0 Å². The van der Waals surface area contributed by atoms with Gasteiger partial charge in [-0.05, 0) is 6.42 Å². The van der Waals surface area contributed by atoms with Gasteiger partial charge in [0.05, 0.1) is 24.6 Å². The Hall–Kier alpha value is -1.16. The van der Waals surface area contributed by atoms with Crippen molar-refractivity contribution in [3.8, 4) is 0 Å². The van der Waals surface area contributed by atoms with Gasteiger partial charge in [0.1, 0.15) is 17.9 Å². The van der Waals surface area contributed by atoms with Gasteiger partial charge in [-0.2, -0.15) is 4.68 Å². The highest BCUT2D eigenvalue weighted by Gasteiger charge is 2.39. The molecule has 1 aliphatic rings. The predicted octanol–water partition coefficient (Wildman–Crippen LogP) is -0.942. The van der Waals surface area contributed by atoms with Gasteiger partial charge in [0, 0.05) is 13.3 Å². The molecular weight excluding hydrogens is 317 g/mol. The largest absolute Gasteiger partial charge is 0.390 e. The van der Waals surface area contributed by atoms with E-state index < -0.39 is 32.0 Å². The first-order chi connectivity index (χ1) is 10.2. The maximum Gasteiger partial charge on any atom is 0.325 e. The molecule has 0 aromatic carbocycles. The Balaban J connectivity index is 2.11. The molecule has 0 saturated carbocycles. The maximum absolute atomic E-state index is 11.2. The van der Waals surface area contributed by atoms with Gasteiger partial charge in [-0.25, -0.2) is 0 Å². The lowest BCUT2D eigenvalue weighted by atomic mass is 9.95. The molecular formula is C11H18N3O7P. The van der Waals surface area contributed by atoms with Crippen LogP contribution in [-0.4, -0.2) is 65.4 Å². The Kier molecular flexibility index (Phi) is 5.10.